The van der Waals surface area contributed by atoms with Gasteiger partial charge in [-0.25, -0.2) is 17.7 Å². The summed E-state index contributed by atoms with van der Waals surface area (Å²) in [5.41, 5.74) is -1.40. The predicted molar refractivity (Wildman–Crippen MR) is 87.0 cm³/mol. The summed E-state index contributed by atoms with van der Waals surface area (Å²) in [6.07, 6.45) is -0.951. The number of ether oxygens (including phenoxy) is 2. The molecule has 0 saturated carbocycles. The fourth-order valence-electron chi connectivity index (χ4n) is 2.59. The predicted octanol–water partition coefficient (Wildman–Crippen LogP) is -1.35. The van der Waals surface area contributed by atoms with E-state index in [1.807, 2.05) is 4.98 Å². The number of nitrogens with one attached hydrogen (secondary N) is 1. The molecule has 1 aromatic heterocycles. The van der Waals surface area contributed by atoms with Crippen molar-refractivity contribution in [3.05, 3.63) is 33.1 Å². The minimum absolute atomic E-state index is 0.138. The van der Waals surface area contributed by atoms with Crippen molar-refractivity contribution in [1.82, 2.24) is 9.55 Å². The number of H-pyrrole nitrogens is 1. The number of esters is 1. The quantitative estimate of drug-likeness (QED) is 0.387. The summed E-state index contributed by atoms with van der Waals surface area (Å²) in [7, 11) is -13.3. The highest BCUT2D eigenvalue weighted by atomic mass is 31.3. The maximum absolute atomic E-state index is 12.0. The zero-order valence-electron chi connectivity index (χ0n) is 14.4. The Morgan fingerprint density at radius 2 is 2.00 bits per heavy atom. The minimum Gasteiger partial charge on any atom is -0.756 e. The van der Waals surface area contributed by atoms with Gasteiger partial charge >= 0.3 is 20.3 Å². The maximum Gasteiger partial charge on any atom is 0.346 e. The zero-order valence-corrected chi connectivity index (χ0v) is 17.1. The van der Waals surface area contributed by atoms with E-state index in [1.54, 1.807) is 0 Å². The fraction of sp³-hybridized carbons (Fsp3) is 0.545. The second-order valence-corrected chi connectivity index (χ2v) is 10.1. The third kappa shape index (κ3) is 5.68. The molecule has 1 N–H and O–H groups in total. The van der Waals surface area contributed by atoms with E-state index in [0.717, 1.165) is 17.6 Å². The van der Waals surface area contributed by atoms with E-state index in [2.05, 4.69) is 12.9 Å². The number of carbonyl (C=O) groups is 1. The van der Waals surface area contributed by atoms with Crippen molar-refractivity contribution in [1.29, 1.82) is 0 Å². The van der Waals surface area contributed by atoms with Crippen LogP contribution in [-0.4, -0.2) is 40.9 Å². The lowest BCUT2D eigenvalue weighted by Gasteiger charge is -2.38. The molecule has 2 fully saturated rings. The van der Waals surface area contributed by atoms with Gasteiger partial charge in [0.1, 0.15) is 12.1 Å². The first-order valence-corrected chi connectivity index (χ1v) is 11.7. The van der Waals surface area contributed by atoms with Crippen molar-refractivity contribution in [2.24, 2.45) is 0 Å². The molecule has 0 spiro atoms. The van der Waals surface area contributed by atoms with Crippen LogP contribution in [0.2, 0.25) is 0 Å². The highest BCUT2D eigenvalue weighted by Gasteiger charge is 2.43. The largest absolute Gasteiger partial charge is 0.756 e. The van der Waals surface area contributed by atoms with Crippen LogP contribution >= 0.6 is 24.2 Å². The van der Waals surface area contributed by atoms with Crippen LogP contribution in [0.5, 0.6) is 0 Å². The van der Waals surface area contributed by atoms with Gasteiger partial charge in [0, 0.05) is 19.2 Å². The van der Waals surface area contributed by atoms with Gasteiger partial charge in [-0.05, 0) is 0 Å². The summed E-state index contributed by atoms with van der Waals surface area (Å²) < 4.78 is 51.5. The van der Waals surface area contributed by atoms with Crippen LogP contribution in [0.3, 0.4) is 0 Å². The van der Waals surface area contributed by atoms with E-state index in [4.69, 9.17) is 14.0 Å². The average molecular weight is 474 g/mol. The fourth-order valence-corrected chi connectivity index (χ4v) is 6.68. The molecule has 2 aliphatic rings. The standard InChI is InChI=1S/C11H15N2O13P3/c1-6(14)23-10-7(13-3-2-9(15)12-11(13)16)4-21-8(10)5-22-27-24-28(17,18)26-29(19,20)25-27/h2-3,7-8,10H,4-5H2,1H3,(H,17,18)(H,19,20)(H,12,15,16)/p-2/t7-,8-,10+/m0/s1. The van der Waals surface area contributed by atoms with Crippen LogP contribution in [0.1, 0.15) is 13.0 Å². The number of carbonyl (C=O) groups excluding carboxylic acids is 1. The number of aromatic amines is 1. The van der Waals surface area contributed by atoms with Gasteiger partial charge in [0.2, 0.25) is 0 Å². The third-order valence-corrected chi connectivity index (χ3v) is 8.24. The number of hydrogen-bond acceptors (Lipinski definition) is 13. The van der Waals surface area contributed by atoms with Crippen LogP contribution in [0.25, 0.3) is 0 Å². The van der Waals surface area contributed by atoms with E-state index in [-0.39, 0.29) is 6.61 Å². The Labute approximate surface area is 162 Å². The number of phosphoric acid groups is 2. The molecule has 162 valence electrons. The molecule has 5 atom stereocenters. The average Bonchev–Trinajstić information content (AvgIpc) is 2.92. The highest BCUT2D eigenvalue weighted by molar-refractivity contribution is 7.71. The summed E-state index contributed by atoms with van der Waals surface area (Å²) in [4.78, 5) is 59.3. The topological polar surface area (TPSA) is 208 Å². The molecule has 2 unspecified atom stereocenters. The smallest absolute Gasteiger partial charge is 0.346 e. The molecule has 15 nitrogen and oxygen atoms in total. The summed E-state index contributed by atoms with van der Waals surface area (Å²) in [6, 6.07) is 0.234. The Kier molecular flexibility index (Phi) is 6.56. The maximum atomic E-state index is 12.0. The van der Waals surface area contributed by atoms with Gasteiger partial charge in [-0.2, -0.15) is 0 Å². The second-order valence-electron chi connectivity index (χ2n) is 5.69. The monoisotopic (exact) mass is 474 g/mol. The van der Waals surface area contributed by atoms with E-state index in [1.165, 1.54) is 6.20 Å². The molecule has 0 bridgehead atoms. The lowest BCUT2D eigenvalue weighted by atomic mass is 10.1. The lowest BCUT2D eigenvalue weighted by molar-refractivity contribution is -0.240. The van der Waals surface area contributed by atoms with Crippen LogP contribution < -0.4 is 21.0 Å². The van der Waals surface area contributed by atoms with E-state index in [9.17, 15) is 33.3 Å². The third-order valence-electron chi connectivity index (χ3n) is 3.61. The molecule has 2 aliphatic heterocycles. The summed E-state index contributed by atoms with van der Waals surface area (Å²) in [6.45, 7) is 0.456. The Morgan fingerprint density at radius 1 is 1.34 bits per heavy atom. The van der Waals surface area contributed by atoms with Crippen LogP contribution in [0.15, 0.2) is 21.9 Å². The second kappa shape index (κ2) is 8.48. The zero-order chi connectivity index (χ0) is 21.4. The molecular formula is C11H13N2O13P3-2. The molecule has 18 heteroatoms. The minimum atomic E-state index is -5.19. The molecule has 3 rings (SSSR count). The Bertz CT molecular complexity index is 967. The molecule has 3 heterocycles. The molecule has 0 amide bonds. The van der Waals surface area contributed by atoms with Crippen molar-refractivity contribution in [3.63, 3.8) is 0 Å². The molecule has 0 aromatic carbocycles. The molecule has 1 aromatic rings. The molecule has 29 heavy (non-hydrogen) atoms. The van der Waals surface area contributed by atoms with E-state index in [0.29, 0.717) is 0 Å². The molecule has 0 radical (unpaired) electrons. The van der Waals surface area contributed by atoms with Crippen molar-refractivity contribution < 1.29 is 50.6 Å². The van der Waals surface area contributed by atoms with Gasteiger partial charge in [-0.15, -0.1) is 0 Å². The van der Waals surface area contributed by atoms with Gasteiger partial charge in [-0.3, -0.25) is 28.3 Å². The van der Waals surface area contributed by atoms with Crippen LogP contribution in [0.4, 0.5) is 0 Å². The van der Waals surface area contributed by atoms with Gasteiger partial charge < -0.3 is 23.8 Å². The van der Waals surface area contributed by atoms with E-state index < -0.39 is 66.3 Å². The van der Waals surface area contributed by atoms with Crippen molar-refractivity contribution in [2.75, 3.05) is 13.2 Å². The summed E-state index contributed by atoms with van der Waals surface area (Å²) in [5, 5.41) is 0. The first-order valence-electron chi connectivity index (χ1n) is 7.72. The van der Waals surface area contributed by atoms with Crippen molar-refractivity contribution in [2.45, 2.75) is 25.2 Å². The summed E-state index contributed by atoms with van der Waals surface area (Å²) in [5.74, 6) is -0.717. The Morgan fingerprint density at radius 3 is 2.59 bits per heavy atom. The SMILES string of the molecule is CC(=O)O[C@H]1[C@H](COP2OP(=O)([O-])OP(=O)([O-])O2)OC[C@@H]1n1ccc(=O)[nH]c1=O. The van der Waals surface area contributed by atoms with Gasteiger partial charge in [0.05, 0.1) is 13.2 Å². The Hall–Kier alpha value is -1.24. The normalized spacial score (nSPS) is 37.3. The molecule has 0 aliphatic carbocycles. The van der Waals surface area contributed by atoms with Crippen LogP contribution in [0, 0.1) is 0 Å². The number of nitrogens with zero attached hydrogens (tertiary/aromatic N) is 1. The van der Waals surface area contributed by atoms with Crippen LogP contribution in [-0.2, 0) is 40.9 Å². The van der Waals surface area contributed by atoms with Crippen molar-refractivity contribution in [3.8, 4) is 0 Å². The van der Waals surface area contributed by atoms with Gasteiger partial charge in [0.15, 0.2) is 6.10 Å². The Balaban J connectivity index is 1.74. The highest BCUT2D eigenvalue weighted by Crippen LogP contribution is 2.73. The number of rotatable bonds is 5. The first kappa shape index (κ1) is 22.4. The van der Waals surface area contributed by atoms with Gasteiger partial charge in [-0.1, -0.05) is 0 Å². The lowest BCUT2D eigenvalue weighted by Crippen LogP contribution is -2.40. The van der Waals surface area contributed by atoms with Gasteiger partial charge in [0.25, 0.3) is 21.2 Å². The summed E-state index contributed by atoms with van der Waals surface area (Å²) >= 11 is 0. The van der Waals surface area contributed by atoms with E-state index >= 15 is 0 Å². The molecule has 2 saturated heterocycles. The molecular weight excluding hydrogens is 461 g/mol. The number of hydrogen-bond donors (Lipinski definition) is 1. The van der Waals surface area contributed by atoms with Crippen molar-refractivity contribution >= 4 is 30.2 Å². The first-order chi connectivity index (χ1) is 13.5. The number of aromatic nitrogens is 2.